The molecule has 6 nitrogen and oxygen atoms in total. The molecule has 3 aromatic rings. The van der Waals surface area contributed by atoms with Gasteiger partial charge in [-0.05, 0) is 36.4 Å². The summed E-state index contributed by atoms with van der Waals surface area (Å²) < 4.78 is 16.9. The molecule has 0 fully saturated rings. The normalized spacial score (nSPS) is 15.4. The van der Waals surface area contributed by atoms with Crippen molar-refractivity contribution in [2.75, 3.05) is 20.2 Å². The van der Waals surface area contributed by atoms with Gasteiger partial charge in [-0.1, -0.05) is 28.9 Å². The molecule has 2 aromatic carbocycles. The second-order valence-corrected chi connectivity index (χ2v) is 6.70. The number of carbonyl (C=O) groups is 1. The molecule has 0 aliphatic carbocycles. The second-order valence-electron chi connectivity index (χ2n) is 6.27. The first-order valence-electron chi connectivity index (χ1n) is 8.47. The fraction of sp³-hybridized carbons (Fsp3) is 0.200. The first kappa shape index (κ1) is 17.4. The van der Waals surface area contributed by atoms with Gasteiger partial charge in [-0.15, -0.1) is 0 Å². The zero-order valence-electron chi connectivity index (χ0n) is 14.6. The molecule has 0 radical (unpaired) electrons. The lowest BCUT2D eigenvalue weighted by Gasteiger charge is -2.29. The van der Waals surface area contributed by atoms with E-state index in [2.05, 4.69) is 5.16 Å². The second kappa shape index (κ2) is 7.32. The first-order chi connectivity index (χ1) is 13.1. The van der Waals surface area contributed by atoms with Gasteiger partial charge < -0.3 is 18.9 Å². The fourth-order valence-corrected chi connectivity index (χ4v) is 2.99. The van der Waals surface area contributed by atoms with Gasteiger partial charge in [-0.2, -0.15) is 0 Å². The van der Waals surface area contributed by atoms with Gasteiger partial charge in [0.2, 0.25) is 0 Å². The minimum absolute atomic E-state index is 0.236. The van der Waals surface area contributed by atoms with E-state index in [0.29, 0.717) is 35.4 Å². The molecule has 1 aliphatic heterocycles. The van der Waals surface area contributed by atoms with Crippen LogP contribution in [0.1, 0.15) is 10.5 Å². The van der Waals surface area contributed by atoms with Gasteiger partial charge >= 0.3 is 0 Å². The summed E-state index contributed by atoms with van der Waals surface area (Å²) in [6.45, 7) is 0.750. The van der Waals surface area contributed by atoms with E-state index in [1.54, 1.807) is 30.1 Å². The van der Waals surface area contributed by atoms with Crippen molar-refractivity contribution in [1.29, 1.82) is 0 Å². The summed E-state index contributed by atoms with van der Waals surface area (Å²) in [5.74, 6) is 1.66. The molecule has 138 valence electrons. The Bertz CT molecular complexity index is 955. The molecular formula is C20H17ClN2O4. The van der Waals surface area contributed by atoms with Gasteiger partial charge in [-0.3, -0.25) is 4.79 Å². The molecule has 1 aliphatic rings. The summed E-state index contributed by atoms with van der Waals surface area (Å²) in [4.78, 5) is 14.2. The van der Waals surface area contributed by atoms with Crippen molar-refractivity contribution in [3.8, 4) is 22.8 Å². The minimum Gasteiger partial charge on any atom is -0.486 e. The van der Waals surface area contributed by atoms with E-state index < -0.39 is 0 Å². The van der Waals surface area contributed by atoms with Crippen molar-refractivity contribution in [3.63, 3.8) is 0 Å². The third-order valence-electron chi connectivity index (χ3n) is 4.25. The maximum absolute atomic E-state index is 12.6. The van der Waals surface area contributed by atoms with E-state index in [1.165, 1.54) is 0 Å². The third-order valence-corrected chi connectivity index (χ3v) is 4.50. The van der Waals surface area contributed by atoms with Crippen LogP contribution >= 0.6 is 11.6 Å². The molecule has 1 amide bonds. The number of halogens is 1. The van der Waals surface area contributed by atoms with Crippen LogP contribution in [0.4, 0.5) is 0 Å². The van der Waals surface area contributed by atoms with Gasteiger partial charge in [0.05, 0.1) is 6.54 Å². The van der Waals surface area contributed by atoms with Crippen LogP contribution in [0.25, 0.3) is 11.3 Å². The summed E-state index contributed by atoms with van der Waals surface area (Å²) in [5.41, 5.74) is 1.04. The minimum atomic E-state index is -0.253. The molecular weight excluding hydrogens is 368 g/mol. The number of hydrogen-bond donors (Lipinski definition) is 0. The molecule has 7 heteroatoms. The molecule has 0 N–H and O–H groups in total. The Morgan fingerprint density at radius 1 is 1.19 bits per heavy atom. The van der Waals surface area contributed by atoms with E-state index in [4.69, 9.17) is 25.6 Å². The van der Waals surface area contributed by atoms with Crippen LogP contribution in [0.15, 0.2) is 59.1 Å². The van der Waals surface area contributed by atoms with E-state index >= 15 is 0 Å². The summed E-state index contributed by atoms with van der Waals surface area (Å²) >= 11 is 5.89. The smallest absolute Gasteiger partial charge is 0.275 e. The summed E-state index contributed by atoms with van der Waals surface area (Å²) in [5, 5.41) is 4.52. The van der Waals surface area contributed by atoms with Crippen LogP contribution in [-0.2, 0) is 0 Å². The number of carbonyl (C=O) groups excluding carboxylic acids is 1. The third kappa shape index (κ3) is 3.75. The number of likely N-dealkylation sites (N-methyl/N-ethyl adjacent to an activating group) is 1. The zero-order valence-corrected chi connectivity index (χ0v) is 15.3. The highest BCUT2D eigenvalue weighted by atomic mass is 35.5. The van der Waals surface area contributed by atoms with Crippen LogP contribution in [0.2, 0.25) is 5.02 Å². The number of para-hydroxylation sites is 2. The number of hydrogen-bond acceptors (Lipinski definition) is 5. The standard InChI is InChI=1S/C20H17ClN2O4/c1-23(11-15-12-25-17-4-2-3-5-18(17)26-15)20(24)16-10-19(27-22-16)13-6-8-14(21)9-7-13/h2-10,15H,11-12H2,1H3. The predicted octanol–water partition coefficient (Wildman–Crippen LogP) is 3.91. The number of rotatable bonds is 4. The zero-order chi connectivity index (χ0) is 18.8. The van der Waals surface area contributed by atoms with Crippen molar-refractivity contribution in [3.05, 3.63) is 65.3 Å². The van der Waals surface area contributed by atoms with E-state index in [-0.39, 0.29) is 17.7 Å². The van der Waals surface area contributed by atoms with Crippen molar-refractivity contribution in [2.45, 2.75) is 6.10 Å². The number of amides is 1. The van der Waals surface area contributed by atoms with Crippen molar-refractivity contribution < 1.29 is 18.8 Å². The van der Waals surface area contributed by atoms with Gasteiger partial charge in [0.25, 0.3) is 5.91 Å². The highest BCUT2D eigenvalue weighted by Crippen LogP contribution is 2.31. The Hall–Kier alpha value is -2.99. The SMILES string of the molecule is CN(CC1COc2ccccc2O1)C(=O)c1cc(-c2ccc(Cl)cc2)on1. The topological polar surface area (TPSA) is 64.8 Å². The molecule has 4 rings (SSSR count). The van der Waals surface area contributed by atoms with Gasteiger partial charge in [-0.25, -0.2) is 0 Å². The maximum Gasteiger partial charge on any atom is 0.275 e. The Labute approximate surface area is 161 Å². The Kier molecular flexibility index (Phi) is 4.73. The van der Waals surface area contributed by atoms with Crippen molar-refractivity contribution >= 4 is 17.5 Å². The van der Waals surface area contributed by atoms with E-state index in [9.17, 15) is 4.79 Å². The Morgan fingerprint density at radius 3 is 2.70 bits per heavy atom. The molecule has 0 bridgehead atoms. The van der Waals surface area contributed by atoms with Gasteiger partial charge in [0.1, 0.15) is 6.61 Å². The van der Waals surface area contributed by atoms with Gasteiger partial charge in [0.15, 0.2) is 29.1 Å². The largest absolute Gasteiger partial charge is 0.486 e. The molecule has 1 atom stereocenters. The molecule has 1 aromatic heterocycles. The predicted molar refractivity (Wildman–Crippen MR) is 100 cm³/mol. The van der Waals surface area contributed by atoms with Crippen molar-refractivity contribution in [2.24, 2.45) is 0 Å². The molecule has 0 saturated carbocycles. The lowest BCUT2D eigenvalue weighted by atomic mass is 10.1. The lowest BCUT2D eigenvalue weighted by molar-refractivity contribution is 0.0515. The molecule has 1 unspecified atom stereocenters. The van der Waals surface area contributed by atoms with Crippen LogP contribution in [0.5, 0.6) is 11.5 Å². The molecule has 27 heavy (non-hydrogen) atoms. The average Bonchev–Trinajstić information content (AvgIpc) is 3.18. The first-order valence-corrected chi connectivity index (χ1v) is 8.84. The number of benzene rings is 2. The van der Waals surface area contributed by atoms with Crippen molar-refractivity contribution in [1.82, 2.24) is 10.1 Å². The number of aromatic nitrogens is 1. The number of ether oxygens (including phenoxy) is 2. The molecule has 2 heterocycles. The summed E-state index contributed by atoms with van der Waals surface area (Å²) in [6.07, 6.45) is -0.253. The van der Waals surface area contributed by atoms with Crippen LogP contribution < -0.4 is 9.47 Å². The van der Waals surface area contributed by atoms with Crippen LogP contribution in [0, 0.1) is 0 Å². The average molecular weight is 385 g/mol. The highest BCUT2D eigenvalue weighted by Gasteiger charge is 2.25. The van der Waals surface area contributed by atoms with E-state index in [0.717, 1.165) is 5.56 Å². The van der Waals surface area contributed by atoms with Crippen LogP contribution in [0.3, 0.4) is 0 Å². The molecule has 0 spiro atoms. The Balaban J connectivity index is 1.42. The molecule has 0 saturated heterocycles. The summed E-state index contributed by atoms with van der Waals surface area (Å²) in [7, 11) is 1.70. The van der Waals surface area contributed by atoms with Crippen LogP contribution in [-0.4, -0.2) is 42.3 Å². The Morgan fingerprint density at radius 2 is 1.93 bits per heavy atom. The lowest BCUT2D eigenvalue weighted by Crippen LogP contribution is -2.41. The number of nitrogens with zero attached hydrogens (tertiary/aromatic N) is 2. The monoisotopic (exact) mass is 384 g/mol. The van der Waals surface area contributed by atoms with E-state index in [1.807, 2.05) is 36.4 Å². The maximum atomic E-state index is 12.6. The fourth-order valence-electron chi connectivity index (χ4n) is 2.86. The highest BCUT2D eigenvalue weighted by molar-refractivity contribution is 6.30. The number of fused-ring (bicyclic) bond motifs is 1. The summed E-state index contributed by atoms with van der Waals surface area (Å²) in [6, 6.07) is 16.2. The van der Waals surface area contributed by atoms with Gasteiger partial charge in [0, 0.05) is 23.7 Å². The quantitative estimate of drug-likeness (QED) is 0.682.